The monoisotopic (exact) mass is 333 g/mol. The number of carbonyl (C=O) groups excluding carboxylic acids is 1. The van der Waals surface area contributed by atoms with Gasteiger partial charge in [0.2, 0.25) is 5.76 Å². The van der Waals surface area contributed by atoms with Crippen LogP contribution in [0.5, 0.6) is 0 Å². The van der Waals surface area contributed by atoms with Gasteiger partial charge >= 0.3 is 0 Å². The first kappa shape index (κ1) is 14.6. The molecule has 2 aromatic heterocycles. The maximum absolute atomic E-state index is 12.1. The van der Waals surface area contributed by atoms with Gasteiger partial charge in [-0.1, -0.05) is 58.7 Å². The molecule has 1 aromatic carbocycles. The number of rotatable bonds is 3. The molecule has 3 aromatic rings. The first-order valence-corrected chi connectivity index (χ1v) is 7.04. The predicted molar refractivity (Wildman–Crippen MR) is 84.1 cm³/mol. The summed E-state index contributed by atoms with van der Waals surface area (Å²) in [5, 5.41) is 6.91. The molecule has 0 saturated carbocycles. The Morgan fingerprint density at radius 1 is 1.09 bits per heavy atom. The van der Waals surface area contributed by atoms with Crippen molar-refractivity contribution in [1.29, 1.82) is 0 Å². The molecule has 0 aliphatic rings. The van der Waals surface area contributed by atoms with E-state index in [0.29, 0.717) is 5.69 Å². The Bertz CT molecular complexity index is 819. The molecular formula is C15H9Cl2N3O2. The second-order valence-electron chi connectivity index (χ2n) is 4.36. The van der Waals surface area contributed by atoms with Crippen LogP contribution in [0.25, 0.3) is 11.3 Å². The molecule has 110 valence electrons. The molecule has 0 spiro atoms. The van der Waals surface area contributed by atoms with E-state index in [4.69, 9.17) is 27.7 Å². The number of carbonyl (C=O) groups is 1. The van der Waals surface area contributed by atoms with Crippen molar-refractivity contribution in [2.24, 2.45) is 0 Å². The average Bonchev–Trinajstić information content (AvgIpc) is 3.02. The minimum Gasteiger partial charge on any atom is -0.350 e. The molecule has 0 bridgehead atoms. The second-order valence-corrected chi connectivity index (χ2v) is 5.16. The molecule has 0 radical (unpaired) electrons. The minimum atomic E-state index is -0.508. The van der Waals surface area contributed by atoms with Crippen LogP contribution in [0.2, 0.25) is 10.2 Å². The highest BCUT2D eigenvalue weighted by atomic mass is 35.5. The highest BCUT2D eigenvalue weighted by Crippen LogP contribution is 2.23. The molecule has 5 nitrogen and oxygen atoms in total. The summed E-state index contributed by atoms with van der Waals surface area (Å²) >= 11 is 11.7. The lowest BCUT2D eigenvalue weighted by Gasteiger charge is -2.03. The number of nitrogens with one attached hydrogen (secondary N) is 1. The first-order chi connectivity index (χ1) is 10.6. The van der Waals surface area contributed by atoms with Crippen LogP contribution in [0, 0.1) is 0 Å². The number of hydrogen-bond acceptors (Lipinski definition) is 4. The molecule has 0 aliphatic heterocycles. The van der Waals surface area contributed by atoms with Crippen LogP contribution >= 0.6 is 23.2 Å². The van der Waals surface area contributed by atoms with Crippen LogP contribution in [-0.4, -0.2) is 16.0 Å². The Hall–Kier alpha value is -2.37. The van der Waals surface area contributed by atoms with E-state index in [9.17, 15) is 4.79 Å². The SMILES string of the molecule is O=C(Nc1nc(Cl)ccc1Cl)c1cc(-c2ccccc2)no1. The predicted octanol–water partition coefficient (Wildman–Crippen LogP) is 4.30. The lowest BCUT2D eigenvalue weighted by molar-refractivity contribution is 0.0987. The average molecular weight is 334 g/mol. The van der Waals surface area contributed by atoms with Crippen molar-refractivity contribution in [3.05, 3.63) is 64.5 Å². The number of halogens is 2. The van der Waals surface area contributed by atoms with Crippen LogP contribution in [0.1, 0.15) is 10.6 Å². The van der Waals surface area contributed by atoms with Gasteiger partial charge in [0, 0.05) is 11.6 Å². The van der Waals surface area contributed by atoms with Gasteiger partial charge in [-0.25, -0.2) is 4.98 Å². The summed E-state index contributed by atoms with van der Waals surface area (Å²) in [5.41, 5.74) is 1.42. The molecule has 0 fully saturated rings. The zero-order valence-electron chi connectivity index (χ0n) is 11.1. The molecule has 3 rings (SSSR count). The van der Waals surface area contributed by atoms with Crippen LogP contribution in [0.3, 0.4) is 0 Å². The smallest absolute Gasteiger partial charge is 0.295 e. The summed E-state index contributed by atoms with van der Waals surface area (Å²) in [6.07, 6.45) is 0. The number of pyridine rings is 1. The van der Waals surface area contributed by atoms with Gasteiger partial charge in [-0.3, -0.25) is 4.79 Å². The summed E-state index contributed by atoms with van der Waals surface area (Å²) in [6, 6.07) is 14.0. The summed E-state index contributed by atoms with van der Waals surface area (Å²) in [5.74, 6) is -0.292. The largest absolute Gasteiger partial charge is 0.350 e. The molecule has 0 atom stereocenters. The van der Waals surface area contributed by atoms with Gasteiger partial charge < -0.3 is 9.84 Å². The van der Waals surface area contributed by atoms with Crippen molar-refractivity contribution in [3.8, 4) is 11.3 Å². The van der Waals surface area contributed by atoms with Crippen LogP contribution in [0.15, 0.2) is 53.1 Å². The first-order valence-electron chi connectivity index (χ1n) is 6.29. The van der Waals surface area contributed by atoms with Crippen molar-refractivity contribution < 1.29 is 9.32 Å². The van der Waals surface area contributed by atoms with E-state index >= 15 is 0 Å². The van der Waals surface area contributed by atoms with Crippen LogP contribution in [0.4, 0.5) is 5.82 Å². The van der Waals surface area contributed by atoms with E-state index in [2.05, 4.69) is 15.5 Å². The van der Waals surface area contributed by atoms with Gasteiger partial charge in [0.25, 0.3) is 5.91 Å². The quantitative estimate of drug-likeness (QED) is 0.725. The third-order valence-corrected chi connectivity index (χ3v) is 3.36. The summed E-state index contributed by atoms with van der Waals surface area (Å²) in [4.78, 5) is 16.1. The number of amides is 1. The van der Waals surface area contributed by atoms with Gasteiger partial charge in [-0.05, 0) is 12.1 Å². The molecule has 2 heterocycles. The van der Waals surface area contributed by atoms with Crippen LogP contribution in [-0.2, 0) is 0 Å². The Balaban J connectivity index is 1.81. The Morgan fingerprint density at radius 2 is 1.86 bits per heavy atom. The molecule has 1 amide bonds. The number of aromatic nitrogens is 2. The number of hydrogen-bond donors (Lipinski definition) is 1. The normalized spacial score (nSPS) is 10.5. The van der Waals surface area contributed by atoms with Crippen LogP contribution < -0.4 is 5.32 Å². The number of benzene rings is 1. The molecule has 22 heavy (non-hydrogen) atoms. The fraction of sp³-hybridized carbons (Fsp3) is 0. The van der Waals surface area contributed by atoms with E-state index in [1.807, 2.05) is 30.3 Å². The van der Waals surface area contributed by atoms with Gasteiger partial charge in [0.1, 0.15) is 10.8 Å². The second kappa shape index (κ2) is 6.17. The fourth-order valence-electron chi connectivity index (χ4n) is 1.80. The number of anilines is 1. The van der Waals surface area contributed by atoms with Gasteiger partial charge in [-0.2, -0.15) is 0 Å². The highest BCUT2D eigenvalue weighted by molar-refractivity contribution is 6.34. The van der Waals surface area contributed by atoms with Gasteiger partial charge in [0.05, 0.1) is 5.02 Å². The Kier molecular flexibility index (Phi) is 4.09. The van der Waals surface area contributed by atoms with Crippen molar-refractivity contribution in [3.63, 3.8) is 0 Å². The van der Waals surface area contributed by atoms with E-state index in [-0.39, 0.29) is 21.8 Å². The third kappa shape index (κ3) is 3.10. The molecule has 0 aliphatic carbocycles. The van der Waals surface area contributed by atoms with E-state index in [1.165, 1.54) is 6.07 Å². The zero-order chi connectivity index (χ0) is 15.5. The Morgan fingerprint density at radius 3 is 2.64 bits per heavy atom. The topological polar surface area (TPSA) is 68.0 Å². The lowest BCUT2D eigenvalue weighted by Crippen LogP contribution is -2.12. The zero-order valence-corrected chi connectivity index (χ0v) is 12.6. The van der Waals surface area contributed by atoms with Crippen molar-refractivity contribution >= 4 is 34.9 Å². The Labute approximate surface area is 135 Å². The van der Waals surface area contributed by atoms with Gasteiger partial charge in [-0.15, -0.1) is 0 Å². The van der Waals surface area contributed by atoms with E-state index < -0.39 is 5.91 Å². The highest BCUT2D eigenvalue weighted by Gasteiger charge is 2.16. The summed E-state index contributed by atoms with van der Waals surface area (Å²) in [7, 11) is 0. The maximum Gasteiger partial charge on any atom is 0.295 e. The van der Waals surface area contributed by atoms with Gasteiger partial charge in [0.15, 0.2) is 5.82 Å². The minimum absolute atomic E-state index is 0.0525. The van der Waals surface area contributed by atoms with E-state index in [0.717, 1.165) is 5.56 Å². The molecular weight excluding hydrogens is 325 g/mol. The standard InChI is InChI=1S/C15H9Cl2N3O2/c16-10-6-7-13(17)18-14(10)19-15(21)12-8-11(20-22-12)9-4-2-1-3-5-9/h1-8H,(H,18,19,21). The molecule has 0 saturated heterocycles. The summed E-state index contributed by atoms with van der Waals surface area (Å²) in [6.45, 7) is 0. The van der Waals surface area contributed by atoms with E-state index in [1.54, 1.807) is 12.1 Å². The summed E-state index contributed by atoms with van der Waals surface area (Å²) < 4.78 is 5.06. The maximum atomic E-state index is 12.1. The molecule has 0 unspecified atom stereocenters. The lowest BCUT2D eigenvalue weighted by atomic mass is 10.1. The molecule has 7 heteroatoms. The van der Waals surface area contributed by atoms with Crippen molar-refractivity contribution in [1.82, 2.24) is 10.1 Å². The third-order valence-electron chi connectivity index (χ3n) is 2.85. The van der Waals surface area contributed by atoms with Crippen molar-refractivity contribution in [2.75, 3.05) is 5.32 Å². The van der Waals surface area contributed by atoms with Crippen molar-refractivity contribution in [2.45, 2.75) is 0 Å². The number of nitrogens with zero attached hydrogens (tertiary/aromatic N) is 2. The molecule has 1 N–H and O–H groups in total. The fourth-order valence-corrected chi connectivity index (χ4v) is 2.10.